The van der Waals surface area contributed by atoms with Gasteiger partial charge in [-0.2, -0.15) is 0 Å². The number of hydrogen-bond acceptors (Lipinski definition) is 3. The summed E-state index contributed by atoms with van der Waals surface area (Å²) >= 11 is 0. The Morgan fingerprint density at radius 3 is 0.887 bits per heavy atom. The molecule has 2 unspecified atom stereocenters. The summed E-state index contributed by atoms with van der Waals surface area (Å²) in [5, 5.41) is 23.2. The molecule has 0 aliphatic heterocycles. The fourth-order valence-corrected chi connectivity index (χ4v) is 9.06. The highest BCUT2D eigenvalue weighted by atomic mass is 16.3. The van der Waals surface area contributed by atoms with Crippen LogP contribution in [-0.4, -0.2) is 34.9 Å². The standard InChI is InChI=1S/C58H113NO3/c1-3-5-7-9-11-13-15-17-19-21-23-24-25-26-27-28-29-30-31-32-33-34-36-38-40-42-44-46-48-50-52-54-58(62)59-56(55-60)57(61)53-51-49-47-45-43-41-39-37-35-22-20-18-16-14-12-10-8-6-4-2/h26-27,51,53,56-57,60-61H,3-25,28-50,52,54-55H2,1-2H3,(H,59,62)/b27-26-,53-51+. The Morgan fingerprint density at radius 2 is 0.613 bits per heavy atom. The summed E-state index contributed by atoms with van der Waals surface area (Å²) in [7, 11) is 0. The molecule has 0 aliphatic carbocycles. The van der Waals surface area contributed by atoms with Crippen LogP contribution in [0.5, 0.6) is 0 Å². The number of allylic oxidation sites excluding steroid dienone is 3. The summed E-state index contributed by atoms with van der Waals surface area (Å²) in [4.78, 5) is 12.5. The highest BCUT2D eigenvalue weighted by Crippen LogP contribution is 2.17. The van der Waals surface area contributed by atoms with Crippen molar-refractivity contribution in [2.24, 2.45) is 0 Å². The van der Waals surface area contributed by atoms with Crippen LogP contribution in [0.4, 0.5) is 0 Å². The molecule has 62 heavy (non-hydrogen) atoms. The molecule has 0 radical (unpaired) electrons. The van der Waals surface area contributed by atoms with Crippen molar-refractivity contribution in [2.75, 3.05) is 6.61 Å². The molecule has 0 aromatic carbocycles. The normalized spacial score (nSPS) is 12.9. The van der Waals surface area contributed by atoms with Crippen molar-refractivity contribution in [1.82, 2.24) is 5.32 Å². The second-order valence-electron chi connectivity index (χ2n) is 19.7. The molecule has 0 aromatic rings. The van der Waals surface area contributed by atoms with Crippen LogP contribution in [0.3, 0.4) is 0 Å². The van der Waals surface area contributed by atoms with Crippen molar-refractivity contribution < 1.29 is 15.0 Å². The Bertz CT molecular complexity index is 901. The fourth-order valence-electron chi connectivity index (χ4n) is 9.06. The summed E-state index contributed by atoms with van der Waals surface area (Å²) in [6.07, 6.45) is 72.0. The van der Waals surface area contributed by atoms with Gasteiger partial charge in [0, 0.05) is 6.42 Å². The average molecular weight is 873 g/mol. The first kappa shape index (κ1) is 60.9. The van der Waals surface area contributed by atoms with Gasteiger partial charge in [0.1, 0.15) is 0 Å². The third-order valence-corrected chi connectivity index (χ3v) is 13.4. The molecule has 0 aromatic heterocycles. The summed E-state index contributed by atoms with van der Waals surface area (Å²) in [6.45, 7) is 4.35. The summed E-state index contributed by atoms with van der Waals surface area (Å²) < 4.78 is 0. The number of amides is 1. The van der Waals surface area contributed by atoms with Gasteiger partial charge in [-0.1, -0.05) is 295 Å². The van der Waals surface area contributed by atoms with Gasteiger partial charge in [-0.25, -0.2) is 0 Å². The first-order valence-electron chi connectivity index (χ1n) is 28.6. The zero-order chi connectivity index (χ0) is 44.9. The first-order chi connectivity index (χ1) is 30.7. The lowest BCUT2D eigenvalue weighted by molar-refractivity contribution is -0.123. The van der Waals surface area contributed by atoms with E-state index in [2.05, 4.69) is 31.3 Å². The summed E-state index contributed by atoms with van der Waals surface area (Å²) in [5.74, 6) is -0.0581. The minimum Gasteiger partial charge on any atom is -0.394 e. The molecule has 1 amide bonds. The molecule has 2 atom stereocenters. The number of carbonyl (C=O) groups excluding carboxylic acids is 1. The van der Waals surface area contributed by atoms with Crippen molar-refractivity contribution in [1.29, 1.82) is 0 Å². The van der Waals surface area contributed by atoms with Gasteiger partial charge in [0.15, 0.2) is 0 Å². The largest absolute Gasteiger partial charge is 0.394 e. The van der Waals surface area contributed by atoms with Crippen molar-refractivity contribution in [3.05, 3.63) is 24.3 Å². The van der Waals surface area contributed by atoms with Crippen LogP contribution in [0, 0.1) is 0 Å². The molecule has 0 bridgehead atoms. The van der Waals surface area contributed by atoms with E-state index in [9.17, 15) is 15.0 Å². The molecular weight excluding hydrogens is 759 g/mol. The van der Waals surface area contributed by atoms with Crippen LogP contribution in [-0.2, 0) is 4.79 Å². The smallest absolute Gasteiger partial charge is 0.220 e. The number of rotatable bonds is 53. The number of aliphatic hydroxyl groups is 2. The van der Waals surface area contributed by atoms with E-state index in [1.165, 1.54) is 276 Å². The Kier molecular flexibility index (Phi) is 53.2. The Hall–Kier alpha value is -1.13. The lowest BCUT2D eigenvalue weighted by atomic mass is 10.0. The zero-order valence-electron chi connectivity index (χ0n) is 42.4. The van der Waals surface area contributed by atoms with E-state index >= 15 is 0 Å². The highest BCUT2D eigenvalue weighted by molar-refractivity contribution is 5.76. The van der Waals surface area contributed by atoms with Gasteiger partial charge in [0.25, 0.3) is 0 Å². The Labute approximate surface area is 389 Å². The zero-order valence-corrected chi connectivity index (χ0v) is 42.4. The maximum absolute atomic E-state index is 12.5. The minimum atomic E-state index is -0.837. The van der Waals surface area contributed by atoms with Gasteiger partial charge >= 0.3 is 0 Å². The second-order valence-corrected chi connectivity index (χ2v) is 19.7. The van der Waals surface area contributed by atoms with E-state index in [1.54, 1.807) is 6.08 Å². The number of nitrogens with one attached hydrogen (secondary N) is 1. The fraction of sp³-hybridized carbons (Fsp3) is 0.914. The topological polar surface area (TPSA) is 69.6 Å². The van der Waals surface area contributed by atoms with Crippen LogP contribution in [0.1, 0.15) is 322 Å². The third-order valence-electron chi connectivity index (χ3n) is 13.4. The molecule has 0 aliphatic rings. The molecule has 368 valence electrons. The van der Waals surface area contributed by atoms with E-state index in [0.717, 1.165) is 25.7 Å². The van der Waals surface area contributed by atoms with E-state index < -0.39 is 12.1 Å². The number of hydrogen-bond donors (Lipinski definition) is 3. The van der Waals surface area contributed by atoms with Gasteiger partial charge < -0.3 is 15.5 Å². The number of carbonyl (C=O) groups is 1. The molecule has 0 saturated carbocycles. The highest BCUT2D eigenvalue weighted by Gasteiger charge is 2.18. The maximum atomic E-state index is 12.5. The van der Waals surface area contributed by atoms with Crippen LogP contribution < -0.4 is 5.32 Å². The molecule has 0 spiro atoms. The SMILES string of the molecule is CCCCCCCCCCCCCC/C=C\CCCCCCCCCCCCCCCCCC(=O)NC(CO)C(O)/C=C/CCCCCCCCCCCCCCCCCCC. The molecule has 4 heteroatoms. The second kappa shape index (κ2) is 54.2. The molecular formula is C58H113NO3. The summed E-state index contributed by atoms with van der Waals surface area (Å²) in [6, 6.07) is -0.620. The van der Waals surface area contributed by atoms with Gasteiger partial charge in [0.05, 0.1) is 18.8 Å². The van der Waals surface area contributed by atoms with Gasteiger partial charge in [-0.15, -0.1) is 0 Å². The number of aliphatic hydroxyl groups excluding tert-OH is 2. The van der Waals surface area contributed by atoms with Crippen LogP contribution in [0.25, 0.3) is 0 Å². The van der Waals surface area contributed by atoms with Crippen LogP contribution in [0.15, 0.2) is 24.3 Å². The molecule has 0 fully saturated rings. The summed E-state index contributed by atoms with van der Waals surface area (Å²) in [5.41, 5.74) is 0. The minimum absolute atomic E-state index is 0.0581. The molecule has 0 rings (SSSR count). The lowest BCUT2D eigenvalue weighted by Crippen LogP contribution is -2.45. The Balaban J connectivity index is 3.44. The number of unbranched alkanes of at least 4 members (excludes halogenated alkanes) is 44. The average Bonchev–Trinajstić information content (AvgIpc) is 3.28. The van der Waals surface area contributed by atoms with Crippen LogP contribution in [0.2, 0.25) is 0 Å². The monoisotopic (exact) mass is 872 g/mol. The molecule has 0 heterocycles. The van der Waals surface area contributed by atoms with Crippen molar-refractivity contribution in [2.45, 2.75) is 334 Å². The lowest BCUT2D eigenvalue weighted by Gasteiger charge is -2.20. The first-order valence-corrected chi connectivity index (χ1v) is 28.6. The molecule has 4 nitrogen and oxygen atoms in total. The quantitative estimate of drug-likeness (QED) is 0.0421. The van der Waals surface area contributed by atoms with Crippen molar-refractivity contribution >= 4 is 5.91 Å². The molecule has 3 N–H and O–H groups in total. The van der Waals surface area contributed by atoms with Gasteiger partial charge in [0.2, 0.25) is 5.91 Å². The van der Waals surface area contributed by atoms with E-state index in [0.29, 0.717) is 6.42 Å². The maximum Gasteiger partial charge on any atom is 0.220 e. The van der Waals surface area contributed by atoms with Gasteiger partial charge in [-0.05, 0) is 44.9 Å². The van der Waals surface area contributed by atoms with Crippen molar-refractivity contribution in [3.8, 4) is 0 Å². The predicted molar refractivity (Wildman–Crippen MR) is 276 cm³/mol. The molecule has 0 saturated heterocycles. The van der Waals surface area contributed by atoms with E-state index in [4.69, 9.17) is 0 Å². The van der Waals surface area contributed by atoms with Crippen LogP contribution >= 0.6 is 0 Å². The Morgan fingerprint density at radius 1 is 0.371 bits per heavy atom. The van der Waals surface area contributed by atoms with E-state index in [-0.39, 0.29) is 12.5 Å². The predicted octanol–water partition coefficient (Wildman–Crippen LogP) is 18.7. The van der Waals surface area contributed by atoms with E-state index in [1.807, 2.05) is 6.08 Å². The van der Waals surface area contributed by atoms with Gasteiger partial charge in [-0.3, -0.25) is 4.79 Å². The van der Waals surface area contributed by atoms with Crippen molar-refractivity contribution in [3.63, 3.8) is 0 Å². The third kappa shape index (κ3) is 49.9.